The minimum Gasteiger partial charge on any atom is -0.464 e. The molecule has 2 N–H and O–H groups in total. The number of rotatable bonds is 8. The predicted molar refractivity (Wildman–Crippen MR) is 137 cm³/mol. The van der Waals surface area contributed by atoms with Gasteiger partial charge in [-0.1, -0.05) is 25.0 Å². The average molecular weight is 494 g/mol. The zero-order valence-corrected chi connectivity index (χ0v) is 21.1. The maximum Gasteiger partial charge on any atom is 0.261 e. The second kappa shape index (κ2) is 10.9. The van der Waals surface area contributed by atoms with Crippen LogP contribution in [-0.2, 0) is 9.59 Å². The minimum atomic E-state index is -1.00. The Kier molecular flexibility index (Phi) is 7.70. The monoisotopic (exact) mass is 493 g/mol. The van der Waals surface area contributed by atoms with Crippen LogP contribution in [0.4, 0.5) is 5.69 Å². The van der Waals surface area contributed by atoms with Crippen LogP contribution in [-0.4, -0.2) is 30.3 Å². The van der Waals surface area contributed by atoms with E-state index in [9.17, 15) is 14.4 Å². The molecule has 1 aromatic carbocycles. The minimum absolute atomic E-state index is 0.0799. The molecule has 2 aromatic heterocycles. The fraction of sp³-hybridized carbons (Fsp3) is 0.370. The number of carbonyl (C=O) groups is 3. The van der Waals surface area contributed by atoms with Crippen molar-refractivity contribution < 1.29 is 18.8 Å². The number of carbonyl (C=O) groups excluding carboxylic acids is 3. The molecule has 1 fully saturated rings. The normalized spacial score (nSPS) is 14.5. The van der Waals surface area contributed by atoms with Crippen molar-refractivity contribution >= 4 is 34.7 Å². The predicted octanol–water partition coefficient (Wildman–Crippen LogP) is 4.83. The van der Waals surface area contributed by atoms with E-state index in [1.165, 1.54) is 16.2 Å². The van der Waals surface area contributed by atoms with Crippen LogP contribution in [0.2, 0.25) is 0 Å². The first-order valence-electron chi connectivity index (χ1n) is 11.9. The molecule has 0 bridgehead atoms. The van der Waals surface area contributed by atoms with Crippen molar-refractivity contribution in [3.63, 3.8) is 0 Å². The van der Waals surface area contributed by atoms with E-state index in [0.717, 1.165) is 36.8 Å². The van der Waals surface area contributed by atoms with Crippen LogP contribution < -0.4 is 15.5 Å². The first-order chi connectivity index (χ1) is 16.8. The Morgan fingerprint density at radius 3 is 2.46 bits per heavy atom. The maximum absolute atomic E-state index is 13.7. The van der Waals surface area contributed by atoms with Crippen molar-refractivity contribution in [2.75, 3.05) is 11.4 Å². The van der Waals surface area contributed by atoms with E-state index in [2.05, 4.69) is 10.6 Å². The summed E-state index contributed by atoms with van der Waals surface area (Å²) in [5.41, 5.74) is 2.64. The number of hydrogen-bond donors (Lipinski definition) is 2. The SMILES string of the molecule is Cc1ccc([C@H](C(=O)NC2CCCC2)N(C(=O)CNC(=O)c2cccs2)c2ccc(C)c(C)c2)o1. The number of amides is 3. The fourth-order valence-corrected chi connectivity index (χ4v) is 5.01. The highest BCUT2D eigenvalue weighted by Gasteiger charge is 2.36. The van der Waals surface area contributed by atoms with Gasteiger partial charge in [-0.25, -0.2) is 0 Å². The van der Waals surface area contributed by atoms with Crippen molar-refractivity contribution in [2.45, 2.75) is 58.5 Å². The van der Waals surface area contributed by atoms with Crippen molar-refractivity contribution in [1.82, 2.24) is 10.6 Å². The number of thiophene rings is 1. The first-order valence-corrected chi connectivity index (χ1v) is 12.8. The highest BCUT2D eigenvalue weighted by molar-refractivity contribution is 7.12. The number of aryl methyl sites for hydroxylation is 3. The van der Waals surface area contributed by atoms with E-state index >= 15 is 0 Å². The van der Waals surface area contributed by atoms with E-state index in [4.69, 9.17) is 4.42 Å². The summed E-state index contributed by atoms with van der Waals surface area (Å²) in [7, 11) is 0. The Morgan fingerprint density at radius 2 is 1.83 bits per heavy atom. The van der Waals surface area contributed by atoms with Crippen LogP contribution in [0.5, 0.6) is 0 Å². The molecule has 0 unspecified atom stereocenters. The smallest absolute Gasteiger partial charge is 0.261 e. The topological polar surface area (TPSA) is 91.7 Å². The number of benzene rings is 1. The average Bonchev–Trinajstić information content (AvgIpc) is 3.61. The molecule has 184 valence electrons. The van der Waals surface area contributed by atoms with Gasteiger partial charge in [-0.2, -0.15) is 0 Å². The summed E-state index contributed by atoms with van der Waals surface area (Å²) in [4.78, 5) is 41.8. The summed E-state index contributed by atoms with van der Waals surface area (Å²) in [6.07, 6.45) is 3.99. The zero-order chi connectivity index (χ0) is 24.9. The molecule has 0 aliphatic heterocycles. The third-order valence-electron chi connectivity index (χ3n) is 6.42. The Bertz CT molecular complexity index is 1190. The molecular weight excluding hydrogens is 462 g/mol. The Balaban J connectivity index is 1.68. The maximum atomic E-state index is 13.7. The fourth-order valence-electron chi connectivity index (χ4n) is 4.37. The van der Waals surface area contributed by atoms with E-state index < -0.39 is 11.9 Å². The molecule has 8 heteroatoms. The summed E-state index contributed by atoms with van der Waals surface area (Å²) >= 11 is 1.30. The molecule has 1 aliphatic carbocycles. The van der Waals surface area contributed by atoms with Gasteiger partial charge >= 0.3 is 0 Å². The molecule has 2 heterocycles. The molecule has 0 saturated heterocycles. The lowest BCUT2D eigenvalue weighted by molar-refractivity contribution is -0.127. The zero-order valence-electron chi connectivity index (χ0n) is 20.3. The van der Waals surface area contributed by atoms with Gasteiger partial charge in [-0.15, -0.1) is 11.3 Å². The molecule has 0 radical (unpaired) electrons. The van der Waals surface area contributed by atoms with E-state index in [0.29, 0.717) is 22.1 Å². The molecule has 3 amide bonds. The Hall–Kier alpha value is -3.39. The van der Waals surface area contributed by atoms with E-state index in [1.54, 1.807) is 36.6 Å². The van der Waals surface area contributed by atoms with Crippen molar-refractivity contribution in [3.8, 4) is 0 Å². The van der Waals surface area contributed by atoms with Gasteiger partial charge in [0.2, 0.25) is 5.91 Å². The molecule has 3 aromatic rings. The summed E-state index contributed by atoms with van der Waals surface area (Å²) in [5.74, 6) is 0.0155. The van der Waals surface area contributed by atoms with Crippen molar-refractivity contribution in [3.05, 3.63) is 75.4 Å². The van der Waals surface area contributed by atoms with Gasteiger partial charge < -0.3 is 15.1 Å². The lowest BCUT2D eigenvalue weighted by Crippen LogP contribution is -2.49. The second-order valence-corrected chi connectivity index (χ2v) is 9.98. The number of nitrogens with one attached hydrogen (secondary N) is 2. The third kappa shape index (κ3) is 5.82. The van der Waals surface area contributed by atoms with Gasteiger partial charge in [0.25, 0.3) is 11.8 Å². The number of furan rings is 1. The highest BCUT2D eigenvalue weighted by atomic mass is 32.1. The molecule has 1 saturated carbocycles. The standard InChI is InChI=1S/C27H31N3O4S/c1-17-10-12-21(15-18(17)2)30(24(31)16-28-26(32)23-9-6-14-35-23)25(22-13-11-19(3)34-22)27(33)29-20-7-4-5-8-20/h6,9-15,20,25H,4-5,7-8,16H2,1-3H3,(H,28,32)(H,29,33)/t25-/m1/s1. The number of nitrogens with zero attached hydrogens (tertiary/aromatic N) is 1. The Morgan fingerprint density at radius 1 is 1.06 bits per heavy atom. The quantitative estimate of drug-likeness (QED) is 0.470. The van der Waals surface area contributed by atoms with Crippen LogP contribution in [0.1, 0.15) is 64.0 Å². The largest absolute Gasteiger partial charge is 0.464 e. The van der Waals surface area contributed by atoms with E-state index in [-0.39, 0.29) is 24.4 Å². The van der Waals surface area contributed by atoms with Gasteiger partial charge in [-0.05, 0) is 80.5 Å². The van der Waals surface area contributed by atoms with Crippen molar-refractivity contribution in [1.29, 1.82) is 0 Å². The molecule has 1 atom stereocenters. The summed E-state index contributed by atoms with van der Waals surface area (Å²) < 4.78 is 5.88. The molecule has 1 aliphatic rings. The summed E-state index contributed by atoms with van der Waals surface area (Å²) in [5, 5.41) is 7.64. The molecule has 7 nitrogen and oxygen atoms in total. The van der Waals surface area contributed by atoms with Gasteiger partial charge in [0.05, 0.1) is 11.4 Å². The van der Waals surface area contributed by atoms with Gasteiger partial charge in [0, 0.05) is 11.7 Å². The molecule has 35 heavy (non-hydrogen) atoms. The first kappa shape index (κ1) is 24.7. The molecule has 4 rings (SSSR count). The van der Waals surface area contributed by atoms with Gasteiger partial charge in [0.15, 0.2) is 6.04 Å². The van der Waals surface area contributed by atoms with Crippen LogP contribution >= 0.6 is 11.3 Å². The summed E-state index contributed by atoms with van der Waals surface area (Å²) in [6, 6.07) is 11.7. The lowest BCUT2D eigenvalue weighted by Gasteiger charge is -2.31. The molecular formula is C27H31N3O4S. The van der Waals surface area contributed by atoms with Gasteiger partial charge in [0.1, 0.15) is 11.5 Å². The lowest BCUT2D eigenvalue weighted by atomic mass is 10.1. The highest BCUT2D eigenvalue weighted by Crippen LogP contribution is 2.31. The second-order valence-electron chi connectivity index (χ2n) is 9.03. The molecule has 0 spiro atoms. The van der Waals surface area contributed by atoms with Crippen molar-refractivity contribution in [2.24, 2.45) is 0 Å². The number of anilines is 1. The van der Waals surface area contributed by atoms with Crippen LogP contribution in [0.25, 0.3) is 0 Å². The van der Waals surface area contributed by atoms with Crippen LogP contribution in [0.15, 0.2) is 52.3 Å². The summed E-state index contributed by atoms with van der Waals surface area (Å²) in [6.45, 7) is 5.51. The van der Waals surface area contributed by atoms with E-state index in [1.807, 2.05) is 32.0 Å². The Labute approximate surface area is 209 Å². The number of hydrogen-bond acceptors (Lipinski definition) is 5. The van der Waals surface area contributed by atoms with Gasteiger partial charge in [-0.3, -0.25) is 19.3 Å². The third-order valence-corrected chi connectivity index (χ3v) is 7.29. The van der Waals surface area contributed by atoms with Crippen LogP contribution in [0.3, 0.4) is 0 Å². The van der Waals surface area contributed by atoms with Crippen LogP contribution in [0, 0.1) is 20.8 Å².